The number of para-hydroxylation sites is 1. The van der Waals surface area contributed by atoms with Crippen LogP contribution in [0.25, 0.3) is 10.9 Å². The highest BCUT2D eigenvalue weighted by Gasteiger charge is 2.39. The van der Waals surface area contributed by atoms with Crippen molar-refractivity contribution in [2.45, 2.75) is 38.3 Å². The molecule has 1 saturated heterocycles. The minimum atomic E-state index is -0.553. The molecular weight excluding hydrogens is 364 g/mol. The Labute approximate surface area is 161 Å². The highest BCUT2D eigenvalue weighted by atomic mass is 32.2. The number of fused-ring (bicyclic) bond motifs is 1. The number of thioether (sulfide) groups is 1. The van der Waals surface area contributed by atoms with Crippen molar-refractivity contribution in [3.63, 3.8) is 0 Å². The number of H-pyrrole nitrogens is 1. The number of hydrogen-bond acceptors (Lipinski definition) is 5. The molecule has 6 nitrogen and oxygen atoms in total. The summed E-state index contributed by atoms with van der Waals surface area (Å²) >= 11 is 1.57. The van der Waals surface area contributed by atoms with Gasteiger partial charge in [-0.25, -0.2) is 4.79 Å². The van der Waals surface area contributed by atoms with Gasteiger partial charge in [0.2, 0.25) is 5.91 Å². The maximum absolute atomic E-state index is 12.7. The van der Waals surface area contributed by atoms with Gasteiger partial charge in [0, 0.05) is 17.2 Å². The zero-order chi connectivity index (χ0) is 18.8. The molecular formula is C20H22N2O4S. The Kier molecular flexibility index (Phi) is 5.20. The van der Waals surface area contributed by atoms with Crippen LogP contribution in [-0.4, -0.2) is 39.4 Å². The van der Waals surface area contributed by atoms with Gasteiger partial charge in [0.25, 0.3) is 5.56 Å². The molecule has 0 bridgehead atoms. The number of carbonyl (C=O) groups is 2. The molecule has 1 atom stereocenters. The van der Waals surface area contributed by atoms with E-state index in [0.29, 0.717) is 17.2 Å². The number of amides is 1. The van der Waals surface area contributed by atoms with Crippen molar-refractivity contribution in [1.82, 2.24) is 9.88 Å². The van der Waals surface area contributed by atoms with Crippen LogP contribution in [0.2, 0.25) is 0 Å². The Hall–Kier alpha value is -2.28. The van der Waals surface area contributed by atoms with Crippen LogP contribution in [0.3, 0.4) is 0 Å². The number of nitrogens with one attached hydrogen (secondary N) is 1. The second-order valence-corrected chi connectivity index (χ2v) is 8.12. The summed E-state index contributed by atoms with van der Waals surface area (Å²) in [5.74, 6) is 0.765. The monoisotopic (exact) mass is 386 g/mol. The minimum absolute atomic E-state index is 0.0438. The van der Waals surface area contributed by atoms with Gasteiger partial charge in [-0.15, -0.1) is 11.8 Å². The van der Waals surface area contributed by atoms with Crippen molar-refractivity contribution in [1.29, 1.82) is 0 Å². The molecule has 2 aliphatic rings. The van der Waals surface area contributed by atoms with E-state index in [1.165, 1.54) is 0 Å². The predicted octanol–water partition coefficient (Wildman–Crippen LogP) is 2.66. The van der Waals surface area contributed by atoms with Gasteiger partial charge in [0.15, 0.2) is 0 Å². The van der Waals surface area contributed by atoms with E-state index in [-0.39, 0.29) is 24.0 Å². The third-order valence-corrected chi connectivity index (χ3v) is 6.35. The van der Waals surface area contributed by atoms with E-state index in [2.05, 4.69) is 4.98 Å². The number of carbonyl (C=O) groups excluding carboxylic acids is 2. The van der Waals surface area contributed by atoms with Crippen molar-refractivity contribution in [3.8, 4) is 0 Å². The van der Waals surface area contributed by atoms with Crippen molar-refractivity contribution in [2.24, 2.45) is 5.92 Å². The number of aromatic amines is 1. The first-order valence-corrected chi connectivity index (χ1v) is 10.4. The van der Waals surface area contributed by atoms with Gasteiger partial charge >= 0.3 is 5.97 Å². The first kappa shape index (κ1) is 18.1. The lowest BCUT2D eigenvalue weighted by Gasteiger charge is -2.25. The smallest absolute Gasteiger partial charge is 0.330 e. The summed E-state index contributed by atoms with van der Waals surface area (Å²) in [4.78, 5) is 41.9. The Balaban J connectivity index is 1.43. The molecule has 1 aliphatic heterocycles. The maximum atomic E-state index is 12.7. The number of pyridine rings is 1. The molecule has 2 heterocycles. The van der Waals surface area contributed by atoms with E-state index >= 15 is 0 Å². The number of rotatable bonds is 4. The fourth-order valence-electron chi connectivity index (χ4n) is 3.81. The summed E-state index contributed by atoms with van der Waals surface area (Å²) in [6, 6.07) is 8.65. The topological polar surface area (TPSA) is 79.5 Å². The number of ether oxygens (including phenoxy) is 1. The highest BCUT2D eigenvalue weighted by molar-refractivity contribution is 7.99. The van der Waals surface area contributed by atoms with Crippen LogP contribution >= 0.6 is 11.8 Å². The molecule has 7 heteroatoms. The average molecular weight is 386 g/mol. The molecule has 1 saturated carbocycles. The third-order valence-electron chi connectivity index (χ3n) is 5.34. The normalized spacial score (nSPS) is 20.3. The molecule has 142 valence electrons. The maximum Gasteiger partial charge on any atom is 0.330 e. The lowest BCUT2D eigenvalue weighted by Crippen LogP contribution is -2.45. The number of nitrogens with zero attached hydrogens (tertiary/aromatic N) is 1. The summed E-state index contributed by atoms with van der Waals surface area (Å²) in [5.41, 5.74) is 0.889. The van der Waals surface area contributed by atoms with Crippen molar-refractivity contribution in [3.05, 3.63) is 46.2 Å². The van der Waals surface area contributed by atoms with Gasteiger partial charge in [-0.2, -0.15) is 0 Å². The standard InChI is InChI=1S/C20H22N2O4S/c23-18-15(9-14-7-3-4-8-16(14)21-18)10-26-20(25)17-11-27-12-22(17)19(24)13-5-1-2-6-13/h3-4,7-9,13,17H,1-2,5-6,10-12H2,(H,21,23). The zero-order valence-corrected chi connectivity index (χ0v) is 15.8. The lowest BCUT2D eigenvalue weighted by molar-refractivity contribution is -0.155. The van der Waals surface area contributed by atoms with Crippen LogP contribution in [-0.2, 0) is 20.9 Å². The van der Waals surface area contributed by atoms with E-state index < -0.39 is 12.0 Å². The first-order valence-electron chi connectivity index (χ1n) is 9.29. The predicted molar refractivity (Wildman–Crippen MR) is 104 cm³/mol. The van der Waals surface area contributed by atoms with Crippen LogP contribution in [0, 0.1) is 5.92 Å². The molecule has 2 fully saturated rings. The number of aromatic nitrogens is 1. The summed E-state index contributed by atoms with van der Waals surface area (Å²) in [6.45, 7) is -0.0916. The molecule has 27 heavy (non-hydrogen) atoms. The molecule has 0 spiro atoms. The lowest BCUT2D eigenvalue weighted by atomic mass is 10.1. The Morgan fingerprint density at radius 1 is 1.22 bits per heavy atom. The van der Waals surface area contributed by atoms with Gasteiger partial charge in [-0.05, 0) is 30.4 Å². The summed E-state index contributed by atoms with van der Waals surface area (Å²) in [6.07, 6.45) is 3.98. The molecule has 1 aromatic carbocycles. The first-order chi connectivity index (χ1) is 13.1. The molecule has 2 aromatic rings. The molecule has 1 aliphatic carbocycles. The quantitative estimate of drug-likeness (QED) is 0.818. The number of esters is 1. The van der Waals surface area contributed by atoms with Gasteiger partial charge in [0.1, 0.15) is 12.6 Å². The SMILES string of the molecule is O=C(OCc1cc2ccccc2[nH]c1=O)C1CSCN1C(=O)C1CCCC1. The highest BCUT2D eigenvalue weighted by Crippen LogP contribution is 2.31. The summed E-state index contributed by atoms with van der Waals surface area (Å²) in [7, 11) is 0. The van der Waals surface area contributed by atoms with Crippen molar-refractivity contribution >= 4 is 34.5 Å². The second-order valence-electron chi connectivity index (χ2n) is 7.12. The largest absolute Gasteiger partial charge is 0.459 e. The molecule has 1 unspecified atom stereocenters. The van der Waals surface area contributed by atoms with E-state index in [0.717, 1.165) is 36.6 Å². The van der Waals surface area contributed by atoms with Gasteiger partial charge in [0.05, 0.1) is 11.4 Å². The van der Waals surface area contributed by atoms with E-state index in [4.69, 9.17) is 4.74 Å². The molecule has 1 N–H and O–H groups in total. The van der Waals surface area contributed by atoms with E-state index in [1.54, 1.807) is 22.7 Å². The zero-order valence-electron chi connectivity index (χ0n) is 15.0. The summed E-state index contributed by atoms with van der Waals surface area (Å²) < 4.78 is 5.42. The summed E-state index contributed by atoms with van der Waals surface area (Å²) in [5, 5.41) is 0.887. The van der Waals surface area contributed by atoms with Crippen LogP contribution in [0.5, 0.6) is 0 Å². The second kappa shape index (κ2) is 7.76. The third kappa shape index (κ3) is 3.74. The minimum Gasteiger partial charge on any atom is -0.459 e. The van der Waals surface area contributed by atoms with Gasteiger partial charge in [-0.1, -0.05) is 31.0 Å². The molecule has 4 rings (SSSR count). The Morgan fingerprint density at radius 2 is 2.00 bits per heavy atom. The number of benzene rings is 1. The Bertz CT molecular complexity index is 920. The van der Waals surface area contributed by atoms with Crippen LogP contribution < -0.4 is 5.56 Å². The van der Waals surface area contributed by atoms with E-state index in [1.807, 2.05) is 24.3 Å². The average Bonchev–Trinajstić information content (AvgIpc) is 3.37. The number of hydrogen-bond donors (Lipinski definition) is 1. The van der Waals surface area contributed by atoms with Gasteiger partial charge < -0.3 is 14.6 Å². The Morgan fingerprint density at radius 3 is 2.81 bits per heavy atom. The van der Waals surface area contributed by atoms with Crippen LogP contribution in [0.4, 0.5) is 0 Å². The molecule has 1 amide bonds. The fraction of sp³-hybridized carbons (Fsp3) is 0.450. The van der Waals surface area contributed by atoms with Crippen molar-refractivity contribution < 1.29 is 14.3 Å². The molecule has 0 radical (unpaired) electrons. The van der Waals surface area contributed by atoms with Gasteiger partial charge in [-0.3, -0.25) is 9.59 Å². The fourth-order valence-corrected chi connectivity index (χ4v) is 4.96. The van der Waals surface area contributed by atoms with Crippen molar-refractivity contribution in [2.75, 3.05) is 11.6 Å². The van der Waals surface area contributed by atoms with Crippen LogP contribution in [0.15, 0.2) is 35.1 Å². The van der Waals surface area contributed by atoms with Crippen LogP contribution in [0.1, 0.15) is 31.2 Å². The molecule has 1 aromatic heterocycles. The van der Waals surface area contributed by atoms with E-state index in [9.17, 15) is 14.4 Å².